The van der Waals surface area contributed by atoms with E-state index in [0.717, 1.165) is 37.8 Å². The number of fused-ring (bicyclic) bond motifs is 1. The second-order valence-corrected chi connectivity index (χ2v) is 9.28. The lowest BCUT2D eigenvalue weighted by Gasteiger charge is -2.32. The molecule has 4 rings (SSSR count). The monoisotopic (exact) mass is 493 g/mol. The molecule has 0 spiro atoms. The fourth-order valence-corrected chi connectivity index (χ4v) is 4.65. The minimum absolute atomic E-state index is 0.0957. The number of carbonyl (C=O) groups is 2. The van der Waals surface area contributed by atoms with Gasteiger partial charge in [0.05, 0.1) is 11.3 Å². The van der Waals surface area contributed by atoms with Crippen molar-refractivity contribution in [2.45, 2.75) is 52.1 Å². The summed E-state index contributed by atoms with van der Waals surface area (Å²) >= 11 is 0. The summed E-state index contributed by atoms with van der Waals surface area (Å²) in [6, 6.07) is 13.3. The van der Waals surface area contributed by atoms with Crippen molar-refractivity contribution in [1.82, 2.24) is 25.5 Å². The van der Waals surface area contributed by atoms with E-state index >= 15 is 0 Å². The maximum Gasteiger partial charge on any atom is 0.290 e. The fraction of sp³-hybridized carbons (Fsp3) is 0.407. The van der Waals surface area contributed by atoms with Crippen LogP contribution in [-0.4, -0.2) is 39.6 Å². The van der Waals surface area contributed by atoms with Crippen molar-refractivity contribution in [1.29, 1.82) is 0 Å². The molecule has 0 aliphatic carbocycles. The maximum atomic E-state index is 13.5. The van der Waals surface area contributed by atoms with Crippen LogP contribution in [-0.2, 0) is 17.9 Å². The third kappa shape index (κ3) is 6.15. The number of aryl methyl sites for hydroxylation is 1. The first-order valence-electron chi connectivity index (χ1n) is 12.5. The zero-order chi connectivity index (χ0) is 25.5. The topological polar surface area (TPSA) is 96.3 Å². The number of piperidine rings is 1. The average molecular weight is 494 g/mol. The van der Waals surface area contributed by atoms with Gasteiger partial charge in [-0.1, -0.05) is 50.1 Å². The van der Waals surface area contributed by atoms with Crippen LogP contribution < -0.4 is 16.4 Å². The Hall–Kier alpha value is -3.59. The van der Waals surface area contributed by atoms with Crippen molar-refractivity contribution in [2.75, 3.05) is 13.1 Å². The Labute approximate surface area is 209 Å². The highest BCUT2D eigenvalue weighted by atomic mass is 19.1. The summed E-state index contributed by atoms with van der Waals surface area (Å²) in [5, 5.41) is 5.19. The smallest absolute Gasteiger partial charge is 0.290 e. The summed E-state index contributed by atoms with van der Waals surface area (Å²) < 4.78 is 14.9. The minimum atomic E-state index is -0.573. The van der Waals surface area contributed by atoms with Crippen LogP contribution >= 0.6 is 0 Å². The number of aromatic nitrogens is 2. The lowest BCUT2D eigenvalue weighted by molar-refractivity contribution is -0.127. The molecule has 2 aromatic carbocycles. The van der Waals surface area contributed by atoms with E-state index in [1.807, 2.05) is 6.07 Å². The molecular weight excluding hydrogens is 461 g/mol. The second kappa shape index (κ2) is 11.9. The van der Waals surface area contributed by atoms with Crippen LogP contribution in [0.5, 0.6) is 0 Å². The van der Waals surface area contributed by atoms with Crippen LogP contribution in [0.4, 0.5) is 4.39 Å². The standard InChI is InChI=1S/C27H32FN5O3/c1-2-3-6-15-33-27(36)23-13-5-4-12-22(23)24(31-33)26(35)30-29-25(34)20-10-8-14-32(18-20)17-19-9-7-11-21(28)16-19/h4-5,7,9,11-13,16,20H,2-3,6,8,10,14-15,17-18H2,1H3,(H,29,34)(H,30,35)/t20-/m0/s1. The molecule has 1 aliphatic rings. The highest BCUT2D eigenvalue weighted by Crippen LogP contribution is 2.19. The van der Waals surface area contributed by atoms with Crippen LogP contribution in [0.25, 0.3) is 10.8 Å². The first-order chi connectivity index (χ1) is 17.5. The molecule has 1 fully saturated rings. The Balaban J connectivity index is 1.41. The number of halogens is 1. The van der Waals surface area contributed by atoms with Gasteiger partial charge in [0.2, 0.25) is 5.91 Å². The molecule has 3 aromatic rings. The van der Waals surface area contributed by atoms with Gasteiger partial charge in [0, 0.05) is 25.0 Å². The Morgan fingerprint density at radius 1 is 1.08 bits per heavy atom. The van der Waals surface area contributed by atoms with Gasteiger partial charge < -0.3 is 0 Å². The third-order valence-corrected chi connectivity index (χ3v) is 6.53. The molecule has 2 N–H and O–H groups in total. The van der Waals surface area contributed by atoms with E-state index in [9.17, 15) is 18.8 Å². The quantitative estimate of drug-likeness (QED) is 0.370. The van der Waals surface area contributed by atoms with Gasteiger partial charge in [0.25, 0.3) is 11.5 Å². The number of hydrazine groups is 1. The molecule has 9 heteroatoms. The summed E-state index contributed by atoms with van der Waals surface area (Å²) in [5.41, 5.74) is 5.75. The van der Waals surface area contributed by atoms with E-state index in [1.54, 1.807) is 30.3 Å². The highest BCUT2D eigenvalue weighted by Gasteiger charge is 2.27. The van der Waals surface area contributed by atoms with Gasteiger partial charge >= 0.3 is 0 Å². The summed E-state index contributed by atoms with van der Waals surface area (Å²) in [6.07, 6.45) is 4.27. The number of nitrogens with zero attached hydrogens (tertiary/aromatic N) is 3. The van der Waals surface area contributed by atoms with Crippen molar-refractivity contribution < 1.29 is 14.0 Å². The Kier molecular flexibility index (Phi) is 8.43. The SMILES string of the molecule is CCCCCn1nc(C(=O)NNC(=O)[C@H]2CCCN(Cc3cccc(F)c3)C2)c2ccccc2c1=O. The van der Waals surface area contributed by atoms with Gasteiger partial charge in [-0.25, -0.2) is 9.07 Å². The molecule has 1 aromatic heterocycles. The predicted molar refractivity (Wildman–Crippen MR) is 136 cm³/mol. The first-order valence-corrected chi connectivity index (χ1v) is 12.5. The molecule has 0 bridgehead atoms. The van der Waals surface area contributed by atoms with Gasteiger partial charge in [0.1, 0.15) is 5.82 Å². The lowest BCUT2D eigenvalue weighted by atomic mass is 9.97. The Morgan fingerprint density at radius 2 is 1.89 bits per heavy atom. The molecule has 2 amide bonds. The van der Waals surface area contributed by atoms with Gasteiger partial charge in [-0.05, 0) is 49.6 Å². The van der Waals surface area contributed by atoms with E-state index in [0.29, 0.717) is 36.8 Å². The van der Waals surface area contributed by atoms with Crippen molar-refractivity contribution in [3.63, 3.8) is 0 Å². The number of carbonyl (C=O) groups excluding carboxylic acids is 2. The summed E-state index contributed by atoms with van der Waals surface area (Å²) in [6.45, 7) is 4.39. The molecule has 1 aliphatic heterocycles. The molecule has 0 radical (unpaired) electrons. The van der Waals surface area contributed by atoms with Crippen molar-refractivity contribution in [3.8, 4) is 0 Å². The van der Waals surface area contributed by atoms with E-state index in [1.165, 1.54) is 16.8 Å². The highest BCUT2D eigenvalue weighted by molar-refractivity contribution is 6.05. The molecule has 2 heterocycles. The molecule has 0 saturated carbocycles. The summed E-state index contributed by atoms with van der Waals surface area (Å²) in [7, 11) is 0. The molecule has 1 atom stereocenters. The number of amides is 2. The largest absolute Gasteiger partial charge is 0.298 e. The van der Waals surface area contributed by atoms with E-state index < -0.39 is 5.91 Å². The number of hydrogen-bond donors (Lipinski definition) is 2. The Morgan fingerprint density at radius 3 is 2.67 bits per heavy atom. The zero-order valence-corrected chi connectivity index (χ0v) is 20.5. The van der Waals surface area contributed by atoms with E-state index in [-0.39, 0.29) is 28.9 Å². The molecule has 0 unspecified atom stereocenters. The van der Waals surface area contributed by atoms with Crippen LogP contribution in [0.1, 0.15) is 55.1 Å². The molecule has 190 valence electrons. The van der Waals surface area contributed by atoms with Crippen LogP contribution in [0.2, 0.25) is 0 Å². The number of likely N-dealkylation sites (tertiary alicyclic amines) is 1. The number of benzene rings is 2. The number of nitrogens with one attached hydrogen (secondary N) is 2. The molecule has 8 nitrogen and oxygen atoms in total. The number of unbranched alkanes of at least 4 members (excludes halogenated alkanes) is 2. The third-order valence-electron chi connectivity index (χ3n) is 6.53. The summed E-state index contributed by atoms with van der Waals surface area (Å²) in [5.74, 6) is -1.44. The summed E-state index contributed by atoms with van der Waals surface area (Å²) in [4.78, 5) is 40.8. The first kappa shape index (κ1) is 25.5. The van der Waals surface area contributed by atoms with Crippen molar-refractivity contribution in [3.05, 3.63) is 76.0 Å². The van der Waals surface area contributed by atoms with Gasteiger partial charge in [-0.3, -0.25) is 30.1 Å². The van der Waals surface area contributed by atoms with Crippen LogP contribution in [0.15, 0.2) is 53.3 Å². The Bertz CT molecular complexity index is 1290. The number of hydrogen-bond acceptors (Lipinski definition) is 5. The lowest BCUT2D eigenvalue weighted by Crippen LogP contribution is -2.49. The normalized spacial score (nSPS) is 16.1. The second-order valence-electron chi connectivity index (χ2n) is 9.28. The van der Waals surface area contributed by atoms with Crippen molar-refractivity contribution >= 4 is 22.6 Å². The minimum Gasteiger partial charge on any atom is -0.298 e. The fourth-order valence-electron chi connectivity index (χ4n) is 4.65. The van der Waals surface area contributed by atoms with Crippen LogP contribution in [0.3, 0.4) is 0 Å². The van der Waals surface area contributed by atoms with Gasteiger partial charge in [-0.2, -0.15) is 5.10 Å². The van der Waals surface area contributed by atoms with Gasteiger partial charge in [-0.15, -0.1) is 0 Å². The molecular formula is C27H32FN5O3. The van der Waals surface area contributed by atoms with Gasteiger partial charge in [0.15, 0.2) is 5.69 Å². The predicted octanol–water partition coefficient (Wildman–Crippen LogP) is 3.40. The maximum absolute atomic E-state index is 13.5. The number of rotatable bonds is 8. The van der Waals surface area contributed by atoms with Crippen molar-refractivity contribution in [2.24, 2.45) is 5.92 Å². The zero-order valence-electron chi connectivity index (χ0n) is 20.5. The molecule has 1 saturated heterocycles. The van der Waals surface area contributed by atoms with E-state index in [2.05, 4.69) is 27.8 Å². The average Bonchev–Trinajstić information content (AvgIpc) is 2.89. The van der Waals surface area contributed by atoms with Crippen LogP contribution in [0, 0.1) is 11.7 Å². The van der Waals surface area contributed by atoms with E-state index in [4.69, 9.17) is 0 Å². The molecule has 36 heavy (non-hydrogen) atoms.